The quantitative estimate of drug-likeness (QED) is 0.760. The Balaban J connectivity index is 2.13. The number of nitrogens with zero attached hydrogens (tertiary/aromatic N) is 1. The lowest BCUT2D eigenvalue weighted by Gasteiger charge is -2.33. The van der Waals surface area contributed by atoms with E-state index in [0.29, 0.717) is 5.17 Å². The van der Waals surface area contributed by atoms with Gasteiger partial charge in [0.1, 0.15) is 11.6 Å². The van der Waals surface area contributed by atoms with E-state index in [1.54, 1.807) is 11.8 Å². The van der Waals surface area contributed by atoms with Gasteiger partial charge in [-0.2, -0.15) is 0 Å². The van der Waals surface area contributed by atoms with E-state index in [2.05, 4.69) is 40.1 Å². The third-order valence-corrected chi connectivity index (χ3v) is 5.69. The van der Waals surface area contributed by atoms with Crippen LogP contribution in [0.5, 0.6) is 0 Å². The number of anilines is 1. The van der Waals surface area contributed by atoms with Crippen LogP contribution in [-0.2, 0) is 0 Å². The molecule has 0 unspecified atom stereocenters. The highest BCUT2D eigenvalue weighted by Crippen LogP contribution is 2.36. The van der Waals surface area contributed by atoms with E-state index in [0.717, 1.165) is 31.2 Å². The van der Waals surface area contributed by atoms with E-state index in [9.17, 15) is 8.78 Å². The molecule has 2 rings (SSSR count). The Morgan fingerprint density at radius 3 is 2.55 bits per heavy atom. The highest BCUT2D eigenvalue weighted by atomic mass is 79.9. The van der Waals surface area contributed by atoms with E-state index >= 15 is 0 Å². The van der Waals surface area contributed by atoms with Crippen molar-refractivity contribution in [2.75, 3.05) is 17.6 Å². The fraction of sp³-hybridized carbons (Fsp3) is 0.500. The van der Waals surface area contributed by atoms with Crippen molar-refractivity contribution >= 4 is 38.5 Å². The van der Waals surface area contributed by atoms with Crippen LogP contribution in [0.4, 0.5) is 14.5 Å². The number of amidine groups is 1. The van der Waals surface area contributed by atoms with Crippen LogP contribution in [0.15, 0.2) is 21.6 Å². The van der Waals surface area contributed by atoms with Gasteiger partial charge in [0.25, 0.3) is 0 Å². The zero-order valence-corrected chi connectivity index (χ0v) is 13.9. The minimum atomic E-state index is -0.614. The van der Waals surface area contributed by atoms with E-state index < -0.39 is 11.6 Å². The largest absolute Gasteiger partial charge is 0.333 e. The maximum Gasteiger partial charge on any atom is 0.161 e. The number of aliphatic imine (C=N–C) groups is 1. The Morgan fingerprint density at radius 2 is 2.00 bits per heavy atom. The predicted octanol–water partition coefficient (Wildman–Crippen LogP) is 5.05. The third-order valence-electron chi connectivity index (χ3n) is 3.82. The van der Waals surface area contributed by atoms with Crippen molar-refractivity contribution in [2.45, 2.75) is 26.7 Å². The summed E-state index contributed by atoms with van der Waals surface area (Å²) in [5, 5.41) is 3.64. The Kier molecular flexibility index (Phi) is 5.07. The van der Waals surface area contributed by atoms with Gasteiger partial charge in [0.15, 0.2) is 5.17 Å². The molecular formula is C14H17BrF2N2S. The molecule has 110 valence electrons. The number of halogens is 3. The van der Waals surface area contributed by atoms with Crippen LogP contribution in [-0.4, -0.2) is 17.5 Å². The highest BCUT2D eigenvalue weighted by Gasteiger charge is 2.30. The summed E-state index contributed by atoms with van der Waals surface area (Å²) in [5.41, 5.74) is 0.489. The van der Waals surface area contributed by atoms with Gasteiger partial charge in [-0.1, -0.05) is 25.6 Å². The second-order valence-electron chi connectivity index (χ2n) is 4.99. The van der Waals surface area contributed by atoms with Crippen molar-refractivity contribution in [1.29, 1.82) is 0 Å². The molecule has 20 heavy (non-hydrogen) atoms. The molecule has 1 aromatic carbocycles. The lowest BCUT2D eigenvalue weighted by atomic mass is 9.84. The number of hydrogen-bond donors (Lipinski definition) is 1. The fourth-order valence-electron chi connectivity index (χ4n) is 2.04. The molecule has 2 nitrogen and oxygen atoms in total. The molecule has 1 heterocycles. The summed E-state index contributed by atoms with van der Waals surface area (Å²) < 4.78 is 27.1. The number of rotatable bonds is 3. The average molecular weight is 363 g/mol. The molecule has 6 heteroatoms. The number of nitrogens with one attached hydrogen (secondary N) is 1. The summed E-state index contributed by atoms with van der Waals surface area (Å²) in [6.07, 6.45) is 2.17. The maximum atomic E-state index is 13.7. The van der Waals surface area contributed by atoms with Crippen molar-refractivity contribution in [2.24, 2.45) is 10.4 Å². The Morgan fingerprint density at radius 1 is 1.30 bits per heavy atom. The van der Waals surface area contributed by atoms with Crippen LogP contribution >= 0.6 is 27.7 Å². The summed E-state index contributed by atoms with van der Waals surface area (Å²) in [6.45, 7) is 5.10. The molecule has 1 N–H and O–H groups in total. The first kappa shape index (κ1) is 15.8. The molecule has 0 saturated carbocycles. The first-order valence-corrected chi connectivity index (χ1v) is 8.36. The van der Waals surface area contributed by atoms with Crippen molar-refractivity contribution in [3.63, 3.8) is 0 Å². The van der Waals surface area contributed by atoms with E-state index in [-0.39, 0.29) is 15.6 Å². The van der Waals surface area contributed by atoms with Gasteiger partial charge in [-0.25, -0.2) is 8.78 Å². The normalized spacial score (nSPS) is 17.8. The molecule has 0 saturated heterocycles. The molecule has 0 amide bonds. The second kappa shape index (κ2) is 6.43. The van der Waals surface area contributed by atoms with Gasteiger partial charge in [-0.15, -0.1) is 0 Å². The Labute approximate surface area is 130 Å². The minimum Gasteiger partial charge on any atom is -0.333 e. The highest BCUT2D eigenvalue weighted by molar-refractivity contribution is 9.10. The van der Waals surface area contributed by atoms with Crippen LogP contribution in [0.1, 0.15) is 26.7 Å². The van der Waals surface area contributed by atoms with Crippen LogP contribution in [0.25, 0.3) is 0 Å². The van der Waals surface area contributed by atoms with Gasteiger partial charge < -0.3 is 5.32 Å². The van der Waals surface area contributed by atoms with Crippen LogP contribution in [0.3, 0.4) is 0 Å². The Bertz CT molecular complexity index is 530. The molecule has 0 spiro atoms. The van der Waals surface area contributed by atoms with E-state index in [4.69, 9.17) is 0 Å². The first-order chi connectivity index (χ1) is 9.49. The fourth-order valence-corrected chi connectivity index (χ4v) is 3.66. The SMILES string of the molecule is CCC1(CC)CN=C(Nc2cc(Br)c(F)cc2F)SC1. The first-order valence-electron chi connectivity index (χ1n) is 6.58. The summed E-state index contributed by atoms with van der Waals surface area (Å²) in [4.78, 5) is 4.51. The second-order valence-corrected chi connectivity index (χ2v) is 6.81. The molecular weight excluding hydrogens is 346 g/mol. The summed E-state index contributed by atoms with van der Waals surface area (Å²) in [7, 11) is 0. The van der Waals surface area contributed by atoms with Gasteiger partial charge in [-0.3, -0.25) is 4.99 Å². The smallest absolute Gasteiger partial charge is 0.161 e. The number of benzene rings is 1. The summed E-state index contributed by atoms with van der Waals surface area (Å²) in [5.74, 6) is -0.255. The zero-order chi connectivity index (χ0) is 14.8. The van der Waals surface area contributed by atoms with Crippen molar-refractivity contribution < 1.29 is 8.78 Å². The molecule has 0 bridgehead atoms. The summed E-state index contributed by atoms with van der Waals surface area (Å²) in [6, 6.07) is 2.26. The molecule has 1 aromatic rings. The molecule has 0 aliphatic carbocycles. The van der Waals surface area contributed by atoms with Crippen LogP contribution in [0, 0.1) is 17.0 Å². The Hall–Kier alpha value is -0.620. The molecule has 0 radical (unpaired) electrons. The molecule has 1 aliphatic heterocycles. The standard InChI is InChI=1S/C14H17BrF2N2S/c1-3-14(4-2)7-18-13(20-8-14)19-12-5-9(15)10(16)6-11(12)17/h5-6H,3-4,7-8H2,1-2H3,(H,18,19). The topological polar surface area (TPSA) is 24.4 Å². The van der Waals surface area contributed by atoms with Crippen LogP contribution < -0.4 is 5.32 Å². The van der Waals surface area contributed by atoms with Crippen molar-refractivity contribution in [1.82, 2.24) is 0 Å². The molecule has 0 fully saturated rings. The van der Waals surface area contributed by atoms with Gasteiger partial charge in [-0.05, 0) is 40.3 Å². The van der Waals surface area contributed by atoms with Gasteiger partial charge in [0.2, 0.25) is 0 Å². The molecule has 0 aromatic heterocycles. The predicted molar refractivity (Wildman–Crippen MR) is 85.5 cm³/mol. The summed E-state index contributed by atoms with van der Waals surface area (Å²) >= 11 is 4.65. The molecule has 0 atom stereocenters. The lowest BCUT2D eigenvalue weighted by molar-refractivity contribution is 0.318. The minimum absolute atomic E-state index is 0.235. The van der Waals surface area contributed by atoms with E-state index in [1.807, 2.05) is 0 Å². The van der Waals surface area contributed by atoms with E-state index in [1.165, 1.54) is 6.07 Å². The van der Waals surface area contributed by atoms with Gasteiger partial charge in [0.05, 0.1) is 10.2 Å². The maximum absolute atomic E-state index is 13.7. The lowest BCUT2D eigenvalue weighted by Crippen LogP contribution is -2.32. The number of thioether (sulfide) groups is 1. The monoisotopic (exact) mass is 362 g/mol. The zero-order valence-electron chi connectivity index (χ0n) is 11.5. The van der Waals surface area contributed by atoms with Gasteiger partial charge in [0, 0.05) is 18.4 Å². The van der Waals surface area contributed by atoms with Gasteiger partial charge >= 0.3 is 0 Å². The molecule has 1 aliphatic rings. The van der Waals surface area contributed by atoms with Crippen molar-refractivity contribution in [3.05, 3.63) is 28.2 Å². The third kappa shape index (κ3) is 3.34. The number of hydrogen-bond acceptors (Lipinski definition) is 3. The van der Waals surface area contributed by atoms with Crippen molar-refractivity contribution in [3.8, 4) is 0 Å². The average Bonchev–Trinajstić information content (AvgIpc) is 2.46. The van der Waals surface area contributed by atoms with Crippen LogP contribution in [0.2, 0.25) is 0 Å².